The molecule has 1 N–H and O–H groups in total. The van der Waals surface area contributed by atoms with Crippen molar-refractivity contribution < 1.29 is 9.62 Å². The van der Waals surface area contributed by atoms with Crippen LogP contribution in [0.25, 0.3) is 0 Å². The number of rotatable bonds is 4. The van der Waals surface area contributed by atoms with Gasteiger partial charge < -0.3 is 9.62 Å². The molecule has 0 aromatic carbocycles. The van der Waals surface area contributed by atoms with Gasteiger partial charge in [-0.3, -0.25) is 0 Å². The Kier molecular flexibility index (Phi) is 3.55. The molecule has 0 radical (unpaired) electrons. The van der Waals surface area contributed by atoms with Gasteiger partial charge in [0.15, 0.2) is 5.76 Å². The molecule has 1 heterocycles. The van der Waals surface area contributed by atoms with Crippen molar-refractivity contribution in [2.75, 3.05) is 0 Å². The Morgan fingerprint density at radius 2 is 2.31 bits per heavy atom. The third-order valence-corrected chi connectivity index (χ3v) is 1.94. The van der Waals surface area contributed by atoms with E-state index < -0.39 is 0 Å². The normalized spacial score (nSPS) is 12.0. The lowest BCUT2D eigenvalue weighted by Gasteiger charge is -1.94. The molecule has 0 atom stereocenters. The van der Waals surface area contributed by atoms with Crippen molar-refractivity contribution in [2.45, 2.75) is 33.1 Å². The summed E-state index contributed by atoms with van der Waals surface area (Å²) in [5, 5.41) is 11.6. The van der Waals surface area contributed by atoms with Crippen molar-refractivity contribution in [2.24, 2.45) is 5.16 Å². The van der Waals surface area contributed by atoms with Crippen LogP contribution in [0.1, 0.15) is 38.2 Å². The topological polar surface area (TPSA) is 45.7 Å². The highest BCUT2D eigenvalue weighted by molar-refractivity contribution is 5.95. The Morgan fingerprint density at radius 3 is 2.92 bits per heavy atom. The van der Waals surface area contributed by atoms with Crippen molar-refractivity contribution in [3.05, 3.63) is 23.7 Å². The molecular formula is C10H15NO2. The summed E-state index contributed by atoms with van der Waals surface area (Å²) in [5.41, 5.74) is 0.516. The van der Waals surface area contributed by atoms with Crippen LogP contribution in [0.5, 0.6) is 0 Å². The number of furan rings is 1. The van der Waals surface area contributed by atoms with Crippen LogP contribution in [0.4, 0.5) is 0 Å². The van der Waals surface area contributed by atoms with Gasteiger partial charge in [-0.2, -0.15) is 0 Å². The maximum absolute atomic E-state index is 8.50. The second-order valence-electron chi connectivity index (χ2n) is 3.05. The number of aryl methyl sites for hydroxylation is 1. The maximum atomic E-state index is 8.50. The molecule has 72 valence electrons. The van der Waals surface area contributed by atoms with Crippen LogP contribution in [0.15, 0.2) is 21.7 Å². The lowest BCUT2D eigenvalue weighted by atomic mass is 10.2. The third kappa shape index (κ3) is 2.61. The minimum absolute atomic E-state index is 0.516. The fourth-order valence-corrected chi connectivity index (χ4v) is 1.11. The van der Waals surface area contributed by atoms with Crippen LogP contribution in [0, 0.1) is 0 Å². The highest BCUT2D eigenvalue weighted by Gasteiger charge is 2.04. The monoisotopic (exact) mass is 181 g/mol. The van der Waals surface area contributed by atoms with E-state index in [1.54, 1.807) is 6.92 Å². The fraction of sp³-hybridized carbons (Fsp3) is 0.500. The summed E-state index contributed by atoms with van der Waals surface area (Å²) in [6, 6.07) is 3.76. The van der Waals surface area contributed by atoms with Crippen molar-refractivity contribution in [3.8, 4) is 0 Å². The standard InChI is InChI=1S/C10H15NO2/c1-3-4-5-9-6-7-10(13-9)8(2)11-12/h6-7,12H,3-5H2,1-2H3/b11-8+. The quantitative estimate of drug-likeness (QED) is 0.441. The Bertz CT molecular complexity index is 289. The predicted octanol–water partition coefficient (Wildman–Crippen LogP) is 2.82. The van der Waals surface area contributed by atoms with Crippen molar-refractivity contribution in [1.82, 2.24) is 0 Å². The first-order chi connectivity index (χ1) is 6.27. The average Bonchev–Trinajstić information content (AvgIpc) is 2.62. The van der Waals surface area contributed by atoms with Gasteiger partial charge in [0.25, 0.3) is 0 Å². The Morgan fingerprint density at radius 1 is 1.54 bits per heavy atom. The van der Waals surface area contributed by atoms with E-state index in [1.807, 2.05) is 12.1 Å². The van der Waals surface area contributed by atoms with Crippen molar-refractivity contribution >= 4 is 5.71 Å². The molecule has 0 aliphatic rings. The van der Waals surface area contributed by atoms with E-state index in [0.717, 1.165) is 25.0 Å². The minimum Gasteiger partial charge on any atom is -0.460 e. The number of hydrogen-bond donors (Lipinski definition) is 1. The summed E-state index contributed by atoms with van der Waals surface area (Å²) in [4.78, 5) is 0. The first kappa shape index (κ1) is 9.84. The van der Waals surface area contributed by atoms with Crippen molar-refractivity contribution in [3.63, 3.8) is 0 Å². The first-order valence-corrected chi connectivity index (χ1v) is 4.55. The average molecular weight is 181 g/mol. The molecule has 1 aromatic heterocycles. The molecule has 3 nitrogen and oxygen atoms in total. The molecule has 0 aliphatic heterocycles. The summed E-state index contributed by atoms with van der Waals surface area (Å²) in [5.74, 6) is 1.61. The van der Waals surface area contributed by atoms with Crippen LogP contribution in [-0.2, 0) is 6.42 Å². The molecule has 0 aliphatic carbocycles. The van der Waals surface area contributed by atoms with E-state index in [0.29, 0.717) is 11.5 Å². The van der Waals surface area contributed by atoms with E-state index >= 15 is 0 Å². The second kappa shape index (κ2) is 4.70. The van der Waals surface area contributed by atoms with E-state index in [-0.39, 0.29) is 0 Å². The lowest BCUT2D eigenvalue weighted by Crippen LogP contribution is -1.90. The predicted molar refractivity (Wildman–Crippen MR) is 51.3 cm³/mol. The molecule has 0 saturated heterocycles. The zero-order valence-corrected chi connectivity index (χ0v) is 8.08. The highest BCUT2D eigenvalue weighted by atomic mass is 16.4. The number of nitrogens with zero attached hydrogens (tertiary/aromatic N) is 1. The summed E-state index contributed by atoms with van der Waals surface area (Å²) in [7, 11) is 0. The van der Waals surface area contributed by atoms with Crippen LogP contribution in [0.3, 0.4) is 0 Å². The molecule has 0 bridgehead atoms. The van der Waals surface area contributed by atoms with Gasteiger partial charge in [0, 0.05) is 6.42 Å². The van der Waals surface area contributed by atoms with E-state index in [1.165, 1.54) is 0 Å². The smallest absolute Gasteiger partial charge is 0.151 e. The molecule has 3 heteroatoms. The number of unbranched alkanes of at least 4 members (excludes halogenated alkanes) is 1. The SMILES string of the molecule is CCCCc1ccc(/C(C)=N/O)o1. The zero-order chi connectivity index (χ0) is 9.68. The Labute approximate surface area is 78.1 Å². The molecule has 0 saturated carbocycles. The van der Waals surface area contributed by atoms with E-state index in [2.05, 4.69) is 12.1 Å². The molecule has 0 amide bonds. The molecule has 0 spiro atoms. The van der Waals surface area contributed by atoms with Crippen LogP contribution in [0.2, 0.25) is 0 Å². The summed E-state index contributed by atoms with van der Waals surface area (Å²) in [6.45, 7) is 3.85. The van der Waals surface area contributed by atoms with E-state index in [9.17, 15) is 0 Å². The summed E-state index contributed by atoms with van der Waals surface area (Å²) in [6.07, 6.45) is 3.24. The highest BCUT2D eigenvalue weighted by Crippen LogP contribution is 2.11. The third-order valence-electron chi connectivity index (χ3n) is 1.94. The first-order valence-electron chi connectivity index (χ1n) is 4.55. The minimum atomic E-state index is 0.516. The molecular weight excluding hydrogens is 166 g/mol. The molecule has 0 unspecified atom stereocenters. The van der Waals surface area contributed by atoms with E-state index in [4.69, 9.17) is 9.62 Å². The summed E-state index contributed by atoms with van der Waals surface area (Å²) < 4.78 is 5.45. The summed E-state index contributed by atoms with van der Waals surface area (Å²) >= 11 is 0. The van der Waals surface area contributed by atoms with Gasteiger partial charge in [-0.1, -0.05) is 18.5 Å². The van der Waals surface area contributed by atoms with Gasteiger partial charge in [0.05, 0.1) is 0 Å². The molecule has 13 heavy (non-hydrogen) atoms. The van der Waals surface area contributed by atoms with Gasteiger partial charge in [-0.15, -0.1) is 0 Å². The second-order valence-corrected chi connectivity index (χ2v) is 3.05. The lowest BCUT2D eigenvalue weighted by molar-refractivity contribution is 0.317. The van der Waals surface area contributed by atoms with Crippen LogP contribution >= 0.6 is 0 Å². The fourth-order valence-electron chi connectivity index (χ4n) is 1.11. The van der Waals surface area contributed by atoms with Gasteiger partial charge >= 0.3 is 0 Å². The molecule has 0 fully saturated rings. The van der Waals surface area contributed by atoms with Crippen LogP contribution < -0.4 is 0 Å². The number of hydrogen-bond acceptors (Lipinski definition) is 3. The zero-order valence-electron chi connectivity index (χ0n) is 8.08. The van der Waals surface area contributed by atoms with Gasteiger partial charge in [-0.25, -0.2) is 0 Å². The van der Waals surface area contributed by atoms with Crippen molar-refractivity contribution in [1.29, 1.82) is 0 Å². The maximum Gasteiger partial charge on any atom is 0.151 e. The number of oxime groups is 1. The van der Waals surface area contributed by atoms with Gasteiger partial charge in [0.2, 0.25) is 0 Å². The van der Waals surface area contributed by atoms with Crippen LogP contribution in [-0.4, -0.2) is 10.9 Å². The Hall–Kier alpha value is -1.25. The van der Waals surface area contributed by atoms with Gasteiger partial charge in [-0.05, 0) is 25.5 Å². The molecule has 1 aromatic rings. The molecule has 1 rings (SSSR count). The largest absolute Gasteiger partial charge is 0.460 e. The Balaban J connectivity index is 2.64. The van der Waals surface area contributed by atoms with Gasteiger partial charge in [0.1, 0.15) is 11.5 Å².